The molecule has 0 aromatic heterocycles. The molecule has 0 bridgehead atoms. The van der Waals surface area contributed by atoms with Gasteiger partial charge in [-0.25, -0.2) is 0 Å². The Balaban J connectivity index is 0.00000220. The number of anilines is 1. The van der Waals surface area contributed by atoms with E-state index in [1.54, 1.807) is 12.1 Å². The first-order valence-corrected chi connectivity index (χ1v) is 6.36. The van der Waals surface area contributed by atoms with E-state index in [0.29, 0.717) is 11.3 Å². The maximum atomic E-state index is 11.0. The first-order valence-electron chi connectivity index (χ1n) is 6.36. The van der Waals surface area contributed by atoms with E-state index in [4.69, 9.17) is 5.73 Å². The van der Waals surface area contributed by atoms with Crippen LogP contribution in [0.4, 0.5) is 5.69 Å². The summed E-state index contributed by atoms with van der Waals surface area (Å²) in [5, 5.41) is 0. The number of allylic oxidation sites excluding steroid dienone is 1. The molecular weight excluding hydrogens is 285 g/mol. The van der Waals surface area contributed by atoms with Crippen LogP contribution in [0.15, 0.2) is 49.1 Å². The molecule has 100 valence electrons. The van der Waals surface area contributed by atoms with Crippen LogP contribution in [-0.2, 0) is 0 Å². The molecule has 0 atom stereocenters. The fourth-order valence-corrected chi connectivity index (χ4v) is 2.18. The second-order valence-corrected chi connectivity index (χ2v) is 4.37. The molecule has 2 nitrogen and oxygen atoms in total. The van der Waals surface area contributed by atoms with Crippen molar-refractivity contribution in [3.63, 3.8) is 0 Å². The number of carbonyl (C=O) groups excluding carboxylic acids is 1. The molecule has 0 amide bonds. The van der Waals surface area contributed by atoms with Crippen molar-refractivity contribution in [3.05, 3.63) is 77.4 Å². The average Bonchev–Trinajstić information content (AvgIpc) is 2.50. The van der Waals surface area contributed by atoms with Crippen LogP contribution in [-0.4, -0.2) is 6.29 Å². The molecule has 0 spiro atoms. The van der Waals surface area contributed by atoms with Crippen LogP contribution >= 0.6 is 0 Å². The minimum absolute atomic E-state index is 0. The minimum atomic E-state index is 0. The third kappa shape index (κ3) is 4.02. The molecule has 21 heavy (non-hydrogen) atoms. The summed E-state index contributed by atoms with van der Waals surface area (Å²) in [5.74, 6) is 0. The number of hydrogen-bond donors (Lipinski definition) is 1. The third-order valence-electron chi connectivity index (χ3n) is 3.20. The normalized spacial score (nSPS) is 10.6. The van der Waals surface area contributed by atoms with Crippen molar-refractivity contribution in [1.29, 1.82) is 0 Å². The van der Waals surface area contributed by atoms with Crippen LogP contribution in [0.25, 0.3) is 11.6 Å². The molecule has 2 aromatic rings. The second-order valence-electron chi connectivity index (χ2n) is 4.37. The Bertz CT molecular complexity index is 689. The van der Waals surface area contributed by atoms with Gasteiger partial charge in [-0.2, -0.15) is 18.2 Å². The smallest absolute Gasteiger partial charge is 0.419 e. The molecule has 0 saturated carbocycles. The molecule has 0 aliphatic carbocycles. The molecule has 0 unspecified atom stereocenters. The van der Waals surface area contributed by atoms with Gasteiger partial charge in [-0.1, -0.05) is 59.8 Å². The van der Waals surface area contributed by atoms with E-state index in [1.807, 2.05) is 43.3 Å². The Morgan fingerprint density at radius 3 is 2.62 bits per heavy atom. The van der Waals surface area contributed by atoms with Gasteiger partial charge in [-0.3, -0.25) is 0 Å². The van der Waals surface area contributed by atoms with Crippen LogP contribution in [0, 0.1) is 6.07 Å². The summed E-state index contributed by atoms with van der Waals surface area (Å²) in [7, 11) is 0. The van der Waals surface area contributed by atoms with E-state index < -0.39 is 0 Å². The van der Waals surface area contributed by atoms with Crippen LogP contribution in [0.1, 0.15) is 34.0 Å². The zero-order valence-corrected chi connectivity index (χ0v) is 15.5. The second kappa shape index (κ2) is 8.46. The van der Waals surface area contributed by atoms with Gasteiger partial charge in [-0.15, -0.1) is 5.56 Å². The molecule has 0 aliphatic heterocycles. The standard InChI is InChI=1S/C18H16NO.K/c1-3-13-7-5-6-8-17(13)16(4-2)14-9-10-18(19)15(11-14)12-20;/h3-9,11-12H,1,19H2,2H3;/q-1;+1/b16-4-;. The van der Waals surface area contributed by atoms with Crippen molar-refractivity contribution in [2.75, 3.05) is 5.73 Å². The van der Waals surface area contributed by atoms with Gasteiger partial charge in [0, 0.05) is 0 Å². The summed E-state index contributed by atoms with van der Waals surface area (Å²) >= 11 is 0. The van der Waals surface area contributed by atoms with Crippen molar-refractivity contribution >= 4 is 23.6 Å². The molecule has 0 saturated heterocycles. The van der Waals surface area contributed by atoms with Gasteiger partial charge in [0.1, 0.15) is 0 Å². The summed E-state index contributed by atoms with van der Waals surface area (Å²) in [6, 6.07) is 14.5. The number of aldehydes is 1. The molecule has 2 N–H and O–H groups in total. The number of nitrogens with two attached hydrogens (primary N) is 1. The summed E-state index contributed by atoms with van der Waals surface area (Å²) in [4.78, 5) is 11.0. The van der Waals surface area contributed by atoms with Crippen molar-refractivity contribution in [3.8, 4) is 0 Å². The van der Waals surface area contributed by atoms with E-state index in [0.717, 1.165) is 28.5 Å². The number of benzene rings is 2. The first-order chi connectivity index (χ1) is 9.71. The topological polar surface area (TPSA) is 43.1 Å². The maximum absolute atomic E-state index is 11.0. The molecule has 0 radical (unpaired) electrons. The zero-order valence-electron chi connectivity index (χ0n) is 12.4. The Kier molecular flexibility index (Phi) is 7.29. The predicted molar refractivity (Wildman–Crippen MR) is 84.4 cm³/mol. The molecule has 0 fully saturated rings. The van der Waals surface area contributed by atoms with Crippen LogP contribution in [0.5, 0.6) is 0 Å². The minimum Gasteiger partial charge on any atom is -0.419 e. The quantitative estimate of drug-likeness (QED) is 0.396. The van der Waals surface area contributed by atoms with Gasteiger partial charge in [0.2, 0.25) is 0 Å². The molecular formula is C18H16KNO. The van der Waals surface area contributed by atoms with Crippen molar-refractivity contribution in [2.24, 2.45) is 0 Å². The van der Waals surface area contributed by atoms with Gasteiger partial charge in [0.05, 0.1) is 6.29 Å². The van der Waals surface area contributed by atoms with E-state index >= 15 is 0 Å². The Labute approximate surface area is 168 Å². The van der Waals surface area contributed by atoms with Crippen molar-refractivity contribution in [1.82, 2.24) is 0 Å². The number of nitrogen functional groups attached to an aromatic ring is 1. The van der Waals surface area contributed by atoms with Gasteiger partial charge in [0.15, 0.2) is 0 Å². The summed E-state index contributed by atoms with van der Waals surface area (Å²) < 4.78 is 0. The number of carbonyl (C=O) groups is 1. The molecule has 2 rings (SSSR count). The fourth-order valence-electron chi connectivity index (χ4n) is 2.18. The molecule has 0 heterocycles. The fraction of sp³-hybridized carbons (Fsp3) is 0.0556. The first kappa shape index (κ1) is 18.1. The summed E-state index contributed by atoms with van der Waals surface area (Å²) in [6.45, 7) is 5.80. The Morgan fingerprint density at radius 1 is 1.29 bits per heavy atom. The van der Waals surface area contributed by atoms with E-state index in [9.17, 15) is 4.79 Å². The van der Waals surface area contributed by atoms with E-state index in [-0.39, 0.29) is 51.4 Å². The van der Waals surface area contributed by atoms with Crippen LogP contribution in [0.2, 0.25) is 0 Å². The summed E-state index contributed by atoms with van der Waals surface area (Å²) in [6.07, 6.45) is 4.58. The number of rotatable bonds is 4. The molecule has 2 aromatic carbocycles. The third-order valence-corrected chi connectivity index (χ3v) is 3.20. The van der Waals surface area contributed by atoms with Crippen LogP contribution in [0.3, 0.4) is 0 Å². The molecule has 3 heteroatoms. The number of hydrogen-bond acceptors (Lipinski definition) is 2. The Morgan fingerprint density at radius 2 is 2.00 bits per heavy atom. The molecule has 0 aliphatic rings. The average molecular weight is 301 g/mol. The van der Waals surface area contributed by atoms with E-state index in [1.165, 1.54) is 0 Å². The van der Waals surface area contributed by atoms with Crippen molar-refractivity contribution < 1.29 is 56.2 Å². The van der Waals surface area contributed by atoms with E-state index in [2.05, 4.69) is 12.6 Å². The van der Waals surface area contributed by atoms with Crippen molar-refractivity contribution in [2.45, 2.75) is 6.92 Å². The van der Waals surface area contributed by atoms with Gasteiger partial charge < -0.3 is 10.5 Å². The van der Waals surface area contributed by atoms with Crippen LogP contribution < -0.4 is 57.1 Å². The monoisotopic (exact) mass is 301 g/mol. The van der Waals surface area contributed by atoms with Gasteiger partial charge in [0.25, 0.3) is 0 Å². The van der Waals surface area contributed by atoms with Gasteiger partial charge >= 0.3 is 51.4 Å². The van der Waals surface area contributed by atoms with Gasteiger partial charge in [-0.05, 0) is 18.1 Å². The predicted octanol–water partition coefficient (Wildman–Crippen LogP) is 0.980. The SMILES string of the molecule is C=Cc1ccccc1/C(=C\C)c1c[c-]c(N)c(C=O)c1.[K+]. The largest absolute Gasteiger partial charge is 1.00 e. The Hall–Kier alpha value is -0.974. The maximum Gasteiger partial charge on any atom is 1.00 e. The summed E-state index contributed by atoms with van der Waals surface area (Å²) in [5.41, 5.74) is 10.6. The zero-order chi connectivity index (χ0) is 14.5.